The van der Waals surface area contributed by atoms with Gasteiger partial charge in [-0.05, 0) is 18.2 Å². The van der Waals surface area contributed by atoms with Crippen LogP contribution in [0.1, 0.15) is 6.04 Å². The van der Waals surface area contributed by atoms with E-state index in [0.29, 0.717) is 5.02 Å². The van der Waals surface area contributed by atoms with E-state index >= 15 is 0 Å². The van der Waals surface area contributed by atoms with E-state index in [-0.39, 0.29) is 11.7 Å². The number of halogens is 1. The number of aryl methyl sites for hydroxylation is 1. The Bertz CT molecular complexity index is 609. The number of hydrogen-bond donors (Lipinski definition) is 1. The molecule has 0 spiro atoms. The lowest BCUT2D eigenvalue weighted by molar-refractivity contribution is 0.341. The van der Waals surface area contributed by atoms with Gasteiger partial charge in [0.05, 0.1) is 17.1 Å². The first-order valence-electron chi connectivity index (χ1n) is 5.25. The summed E-state index contributed by atoms with van der Waals surface area (Å²) in [6, 6.07) is 5.85. The fourth-order valence-electron chi connectivity index (χ4n) is 2.15. The number of imidazole rings is 1. The molecule has 3 rings (SSSR count). The summed E-state index contributed by atoms with van der Waals surface area (Å²) in [5.74, 6) is 0. The molecule has 84 valence electrons. The normalized spacial score (nSPS) is 16.6. The van der Waals surface area contributed by atoms with E-state index < -0.39 is 0 Å². The predicted molar refractivity (Wildman–Crippen MR) is 64.1 cm³/mol. The third-order valence-corrected chi connectivity index (χ3v) is 3.41. The molecule has 1 aliphatic rings. The first-order valence-corrected chi connectivity index (χ1v) is 5.63. The lowest BCUT2D eigenvalue weighted by Gasteiger charge is -2.28. The highest BCUT2D eigenvalue weighted by atomic mass is 35.5. The van der Waals surface area contributed by atoms with Crippen LogP contribution in [0.5, 0.6) is 0 Å². The van der Waals surface area contributed by atoms with Gasteiger partial charge in [-0.3, -0.25) is 9.13 Å². The molecule has 1 N–H and O–H groups in total. The second-order valence-electron chi connectivity index (χ2n) is 4.16. The maximum absolute atomic E-state index is 12.1. The zero-order chi connectivity index (χ0) is 11.3. The Hall–Kier alpha value is -1.26. The largest absolute Gasteiger partial charge is 0.329 e. The van der Waals surface area contributed by atoms with E-state index in [1.165, 1.54) is 0 Å². The molecule has 1 fully saturated rings. The Kier molecular flexibility index (Phi) is 2.09. The minimum Gasteiger partial charge on any atom is -0.313 e. The Balaban J connectivity index is 2.35. The van der Waals surface area contributed by atoms with Gasteiger partial charge in [0.2, 0.25) is 0 Å². The topological polar surface area (TPSA) is 39.0 Å². The molecule has 0 saturated carbocycles. The quantitative estimate of drug-likeness (QED) is 0.808. The number of hydrogen-bond acceptors (Lipinski definition) is 2. The third kappa shape index (κ3) is 1.23. The Morgan fingerprint density at radius 2 is 2.12 bits per heavy atom. The van der Waals surface area contributed by atoms with Crippen LogP contribution in [-0.4, -0.2) is 22.2 Å². The van der Waals surface area contributed by atoms with Gasteiger partial charge < -0.3 is 5.32 Å². The molecule has 1 aliphatic heterocycles. The van der Waals surface area contributed by atoms with Crippen molar-refractivity contribution in [3.63, 3.8) is 0 Å². The van der Waals surface area contributed by atoms with Gasteiger partial charge in [0, 0.05) is 25.2 Å². The van der Waals surface area contributed by atoms with Crippen LogP contribution >= 0.6 is 11.6 Å². The average molecular weight is 238 g/mol. The molecule has 0 amide bonds. The monoisotopic (exact) mass is 237 g/mol. The van der Waals surface area contributed by atoms with Gasteiger partial charge in [0.1, 0.15) is 0 Å². The summed E-state index contributed by atoms with van der Waals surface area (Å²) in [6.45, 7) is 1.73. The van der Waals surface area contributed by atoms with Gasteiger partial charge >= 0.3 is 5.69 Å². The van der Waals surface area contributed by atoms with Crippen LogP contribution in [0.25, 0.3) is 11.0 Å². The van der Waals surface area contributed by atoms with Gasteiger partial charge in [-0.2, -0.15) is 0 Å². The standard InChI is InChI=1S/C11H12ClN3O/c1-14-10-4-7(12)2-3-9(10)15(11(14)16)8-5-13-6-8/h2-4,8,13H,5-6H2,1H3. The zero-order valence-corrected chi connectivity index (χ0v) is 9.66. The first kappa shape index (κ1) is 9.93. The van der Waals surface area contributed by atoms with E-state index in [1.807, 2.05) is 22.8 Å². The highest BCUT2D eigenvalue weighted by Crippen LogP contribution is 2.22. The molecule has 0 radical (unpaired) electrons. The van der Waals surface area contributed by atoms with Crippen molar-refractivity contribution in [3.8, 4) is 0 Å². The van der Waals surface area contributed by atoms with Gasteiger partial charge in [-0.15, -0.1) is 0 Å². The number of aromatic nitrogens is 2. The van der Waals surface area contributed by atoms with Gasteiger partial charge in [0.15, 0.2) is 0 Å². The second kappa shape index (κ2) is 3.37. The van der Waals surface area contributed by atoms with Crippen LogP contribution in [0.4, 0.5) is 0 Å². The molecule has 1 aromatic carbocycles. The molecule has 0 bridgehead atoms. The van der Waals surface area contributed by atoms with Crippen molar-refractivity contribution >= 4 is 22.6 Å². The van der Waals surface area contributed by atoms with Crippen LogP contribution in [0.15, 0.2) is 23.0 Å². The maximum atomic E-state index is 12.1. The number of nitrogens with zero attached hydrogens (tertiary/aromatic N) is 2. The molecule has 1 aromatic heterocycles. The number of rotatable bonds is 1. The predicted octanol–water partition coefficient (Wildman–Crippen LogP) is 1.14. The second-order valence-corrected chi connectivity index (χ2v) is 4.59. The number of nitrogens with one attached hydrogen (secondary N) is 1. The zero-order valence-electron chi connectivity index (χ0n) is 8.90. The van der Waals surface area contributed by atoms with Crippen molar-refractivity contribution in [1.29, 1.82) is 0 Å². The minimum atomic E-state index is 0.0313. The van der Waals surface area contributed by atoms with E-state index in [2.05, 4.69) is 5.32 Å². The fraction of sp³-hybridized carbons (Fsp3) is 0.364. The molecule has 0 atom stereocenters. The van der Waals surface area contributed by atoms with Gasteiger partial charge in [0.25, 0.3) is 0 Å². The summed E-state index contributed by atoms with van der Waals surface area (Å²) in [7, 11) is 1.78. The van der Waals surface area contributed by atoms with Crippen molar-refractivity contribution in [2.45, 2.75) is 6.04 Å². The SMILES string of the molecule is Cn1c(=O)n(C2CNC2)c2ccc(Cl)cc21. The Morgan fingerprint density at radius 1 is 1.38 bits per heavy atom. The van der Waals surface area contributed by atoms with Crippen molar-refractivity contribution < 1.29 is 0 Å². The van der Waals surface area contributed by atoms with Crippen molar-refractivity contribution in [3.05, 3.63) is 33.7 Å². The molecule has 2 heterocycles. The van der Waals surface area contributed by atoms with E-state index in [0.717, 1.165) is 24.1 Å². The van der Waals surface area contributed by atoms with Crippen LogP contribution in [0.3, 0.4) is 0 Å². The van der Waals surface area contributed by atoms with Crippen molar-refractivity contribution in [2.75, 3.05) is 13.1 Å². The summed E-state index contributed by atoms with van der Waals surface area (Å²) in [4.78, 5) is 12.1. The molecule has 4 nitrogen and oxygen atoms in total. The smallest absolute Gasteiger partial charge is 0.313 e. The molecule has 0 unspecified atom stereocenters. The maximum Gasteiger partial charge on any atom is 0.329 e. The first-order chi connectivity index (χ1) is 7.68. The molecule has 1 saturated heterocycles. The van der Waals surface area contributed by atoms with Gasteiger partial charge in [-0.1, -0.05) is 11.6 Å². The molecule has 0 aliphatic carbocycles. The lowest BCUT2D eigenvalue weighted by atomic mass is 10.1. The molecular formula is C11H12ClN3O. The Labute approximate surface area is 97.4 Å². The minimum absolute atomic E-state index is 0.0313. The number of benzene rings is 1. The van der Waals surface area contributed by atoms with Crippen LogP contribution < -0.4 is 11.0 Å². The average Bonchev–Trinajstić information content (AvgIpc) is 2.42. The summed E-state index contributed by atoms with van der Waals surface area (Å²) in [5, 5.41) is 3.84. The highest BCUT2D eigenvalue weighted by Gasteiger charge is 2.24. The summed E-state index contributed by atoms with van der Waals surface area (Å²) >= 11 is 5.94. The lowest BCUT2D eigenvalue weighted by Crippen LogP contribution is -2.46. The molecular weight excluding hydrogens is 226 g/mol. The molecule has 16 heavy (non-hydrogen) atoms. The summed E-state index contributed by atoms with van der Waals surface area (Å²) in [5.41, 5.74) is 1.89. The van der Waals surface area contributed by atoms with Crippen molar-refractivity contribution in [1.82, 2.24) is 14.5 Å². The summed E-state index contributed by atoms with van der Waals surface area (Å²) < 4.78 is 3.50. The fourth-order valence-corrected chi connectivity index (χ4v) is 2.31. The molecule has 5 heteroatoms. The highest BCUT2D eigenvalue weighted by molar-refractivity contribution is 6.31. The van der Waals surface area contributed by atoms with Gasteiger partial charge in [-0.25, -0.2) is 4.79 Å². The number of fused-ring (bicyclic) bond motifs is 1. The third-order valence-electron chi connectivity index (χ3n) is 3.18. The van der Waals surface area contributed by atoms with Crippen LogP contribution in [0, 0.1) is 0 Å². The molecule has 2 aromatic rings. The Morgan fingerprint density at radius 3 is 2.75 bits per heavy atom. The van der Waals surface area contributed by atoms with Crippen LogP contribution in [-0.2, 0) is 7.05 Å². The van der Waals surface area contributed by atoms with Crippen molar-refractivity contribution in [2.24, 2.45) is 7.05 Å². The van der Waals surface area contributed by atoms with E-state index in [9.17, 15) is 4.79 Å². The summed E-state index contributed by atoms with van der Waals surface area (Å²) in [6.07, 6.45) is 0. The van der Waals surface area contributed by atoms with Crippen LogP contribution in [0.2, 0.25) is 5.02 Å². The van der Waals surface area contributed by atoms with E-state index in [4.69, 9.17) is 11.6 Å². The van der Waals surface area contributed by atoms with E-state index in [1.54, 1.807) is 11.6 Å².